The fourth-order valence-electron chi connectivity index (χ4n) is 4.88. The molecule has 154 valence electrons. The van der Waals surface area contributed by atoms with Crippen molar-refractivity contribution in [2.45, 2.75) is 59.3 Å². The summed E-state index contributed by atoms with van der Waals surface area (Å²) < 4.78 is 11.5. The molecule has 5 nitrogen and oxygen atoms in total. The molecule has 0 spiro atoms. The van der Waals surface area contributed by atoms with Crippen molar-refractivity contribution in [1.82, 2.24) is 0 Å². The van der Waals surface area contributed by atoms with Gasteiger partial charge in [0.25, 0.3) is 0 Å². The lowest BCUT2D eigenvalue weighted by Gasteiger charge is -2.40. The number of benzene rings is 1. The van der Waals surface area contributed by atoms with E-state index < -0.39 is 5.92 Å². The average Bonchev–Trinajstić information content (AvgIpc) is 2.57. The van der Waals surface area contributed by atoms with Gasteiger partial charge in [-0.2, -0.15) is 0 Å². The molecule has 4 rings (SSSR count). The Hall–Kier alpha value is -2.56. The predicted octanol–water partition coefficient (Wildman–Crippen LogP) is 5.02. The van der Waals surface area contributed by atoms with Crippen LogP contribution in [0.15, 0.2) is 40.9 Å². The zero-order valence-corrected chi connectivity index (χ0v) is 17.7. The minimum absolute atomic E-state index is 0.0133. The maximum absolute atomic E-state index is 13.2. The summed E-state index contributed by atoms with van der Waals surface area (Å²) in [6.07, 6.45) is 1.76. The van der Waals surface area contributed by atoms with Gasteiger partial charge in [0.05, 0.1) is 13.0 Å². The number of fused-ring (bicyclic) bond motifs is 1. The summed E-state index contributed by atoms with van der Waals surface area (Å²) in [6, 6.07) is 5.42. The van der Waals surface area contributed by atoms with Crippen molar-refractivity contribution >= 4 is 11.6 Å². The number of Topliss-reactive ketones (excluding diaryl/α,β-unsaturated/α-hetero) is 2. The molecule has 1 heterocycles. The van der Waals surface area contributed by atoms with E-state index >= 15 is 0 Å². The summed E-state index contributed by atoms with van der Waals surface area (Å²) in [5.74, 6) is 1.21. The highest BCUT2D eigenvalue weighted by Gasteiger charge is 2.46. The molecule has 1 unspecified atom stereocenters. The van der Waals surface area contributed by atoms with E-state index in [-0.39, 0.29) is 28.2 Å². The molecule has 2 aliphatic carbocycles. The zero-order valence-electron chi connectivity index (χ0n) is 17.7. The Morgan fingerprint density at radius 1 is 0.966 bits per heavy atom. The molecule has 1 atom stereocenters. The van der Waals surface area contributed by atoms with Gasteiger partial charge in [-0.3, -0.25) is 9.59 Å². The molecular weight excluding hydrogens is 368 g/mol. The summed E-state index contributed by atoms with van der Waals surface area (Å²) in [6.45, 7) is 8.03. The van der Waals surface area contributed by atoms with Gasteiger partial charge < -0.3 is 14.6 Å². The van der Waals surface area contributed by atoms with Crippen LogP contribution in [0.3, 0.4) is 0 Å². The number of rotatable bonds is 2. The predicted molar refractivity (Wildman–Crippen MR) is 109 cm³/mol. The van der Waals surface area contributed by atoms with Crippen molar-refractivity contribution in [2.24, 2.45) is 10.8 Å². The number of allylic oxidation sites excluding steroid dienone is 4. The maximum Gasteiger partial charge on any atom is 0.163 e. The molecule has 0 aromatic heterocycles. The highest BCUT2D eigenvalue weighted by Crippen LogP contribution is 2.53. The number of aliphatic hydroxyl groups is 1. The molecule has 5 heteroatoms. The third-order valence-corrected chi connectivity index (χ3v) is 6.12. The van der Waals surface area contributed by atoms with Crippen molar-refractivity contribution in [1.29, 1.82) is 0 Å². The normalized spacial score (nSPS) is 25.3. The van der Waals surface area contributed by atoms with Crippen LogP contribution in [0.4, 0.5) is 0 Å². The maximum atomic E-state index is 13.2. The molecule has 29 heavy (non-hydrogen) atoms. The van der Waals surface area contributed by atoms with Crippen molar-refractivity contribution in [2.75, 3.05) is 7.11 Å². The Bertz CT molecular complexity index is 977. The first kappa shape index (κ1) is 19.7. The monoisotopic (exact) mass is 396 g/mol. The average molecular weight is 396 g/mol. The van der Waals surface area contributed by atoms with Gasteiger partial charge >= 0.3 is 0 Å². The molecule has 1 aliphatic heterocycles. The fourth-order valence-corrected chi connectivity index (χ4v) is 4.88. The first-order valence-electron chi connectivity index (χ1n) is 10.1. The second-order valence-electron chi connectivity index (χ2n) is 10.0. The van der Waals surface area contributed by atoms with Gasteiger partial charge in [0, 0.05) is 48.5 Å². The standard InChI is InChI=1S/C24H28O5/c1-23(2)9-15(25)21(16(26)10-23)20-14-7-6-13(28-5)8-18(14)29-19-12-24(3,4)11-17(27)22(19)20/h6-8,20,25H,9-12H2,1-5H3. The number of aliphatic hydroxyl groups excluding tert-OH is 1. The summed E-state index contributed by atoms with van der Waals surface area (Å²) >= 11 is 0. The van der Waals surface area contributed by atoms with E-state index in [0.717, 1.165) is 5.56 Å². The van der Waals surface area contributed by atoms with E-state index in [1.165, 1.54) is 0 Å². The smallest absolute Gasteiger partial charge is 0.163 e. The van der Waals surface area contributed by atoms with E-state index in [9.17, 15) is 14.7 Å². The van der Waals surface area contributed by atoms with E-state index in [1.54, 1.807) is 19.2 Å². The van der Waals surface area contributed by atoms with Crippen molar-refractivity contribution in [3.63, 3.8) is 0 Å². The lowest BCUT2D eigenvalue weighted by Crippen LogP contribution is -2.36. The molecule has 3 aliphatic rings. The van der Waals surface area contributed by atoms with Crippen molar-refractivity contribution in [3.8, 4) is 11.5 Å². The van der Waals surface area contributed by atoms with Crippen molar-refractivity contribution < 1.29 is 24.2 Å². The van der Waals surface area contributed by atoms with Crippen LogP contribution in [0, 0.1) is 10.8 Å². The van der Waals surface area contributed by atoms with Crippen LogP contribution in [0.5, 0.6) is 11.5 Å². The third-order valence-electron chi connectivity index (χ3n) is 6.12. The topological polar surface area (TPSA) is 72.8 Å². The molecular formula is C24H28O5. The van der Waals surface area contributed by atoms with Crippen LogP contribution in [0.2, 0.25) is 0 Å². The highest BCUT2D eigenvalue weighted by molar-refractivity contribution is 6.06. The number of carbonyl (C=O) groups is 2. The summed E-state index contributed by atoms with van der Waals surface area (Å²) in [7, 11) is 1.58. The van der Waals surface area contributed by atoms with Gasteiger partial charge in [-0.1, -0.05) is 33.8 Å². The van der Waals surface area contributed by atoms with E-state index in [2.05, 4.69) is 0 Å². The first-order chi connectivity index (χ1) is 13.5. The minimum Gasteiger partial charge on any atom is -0.512 e. The second kappa shape index (κ2) is 6.48. The molecule has 0 saturated carbocycles. The van der Waals surface area contributed by atoms with Gasteiger partial charge in [-0.15, -0.1) is 0 Å². The number of hydrogen-bond donors (Lipinski definition) is 1. The van der Waals surface area contributed by atoms with Crippen LogP contribution in [0.25, 0.3) is 0 Å². The Labute approximate surface area is 171 Å². The number of ketones is 2. The van der Waals surface area contributed by atoms with Crippen LogP contribution in [-0.4, -0.2) is 23.8 Å². The molecule has 1 aromatic carbocycles. The first-order valence-corrected chi connectivity index (χ1v) is 10.1. The molecule has 0 fully saturated rings. The number of ether oxygens (including phenoxy) is 2. The number of methoxy groups -OCH3 is 1. The van der Waals surface area contributed by atoms with Crippen LogP contribution >= 0.6 is 0 Å². The molecule has 0 bridgehead atoms. The largest absolute Gasteiger partial charge is 0.512 e. The van der Waals surface area contributed by atoms with E-state index in [4.69, 9.17) is 9.47 Å². The highest BCUT2D eigenvalue weighted by atomic mass is 16.5. The zero-order chi connectivity index (χ0) is 21.1. The summed E-state index contributed by atoms with van der Waals surface area (Å²) in [5, 5.41) is 10.9. The minimum atomic E-state index is -0.591. The Morgan fingerprint density at radius 2 is 1.59 bits per heavy atom. The molecule has 0 radical (unpaired) electrons. The molecule has 0 amide bonds. The lowest BCUT2D eigenvalue weighted by molar-refractivity contribution is -0.119. The Kier molecular flexibility index (Phi) is 4.41. The Balaban J connectivity index is 1.94. The van der Waals surface area contributed by atoms with E-state index in [1.807, 2.05) is 33.8 Å². The lowest BCUT2D eigenvalue weighted by atomic mass is 9.66. The van der Waals surface area contributed by atoms with Crippen LogP contribution < -0.4 is 9.47 Å². The van der Waals surface area contributed by atoms with Gasteiger partial charge in [-0.25, -0.2) is 0 Å². The fraction of sp³-hybridized carbons (Fsp3) is 0.500. The van der Waals surface area contributed by atoms with Crippen LogP contribution in [0.1, 0.15) is 64.9 Å². The van der Waals surface area contributed by atoms with E-state index in [0.29, 0.717) is 54.1 Å². The second-order valence-corrected chi connectivity index (χ2v) is 10.0. The van der Waals surface area contributed by atoms with Gasteiger partial charge in [0.15, 0.2) is 11.6 Å². The van der Waals surface area contributed by atoms with Crippen molar-refractivity contribution in [3.05, 3.63) is 46.4 Å². The SMILES string of the molecule is COc1ccc2c(c1)OC1=C(C(=O)CC(C)(C)C1)C2C1=C(O)CC(C)(C)CC1=O. The van der Waals surface area contributed by atoms with Gasteiger partial charge in [0.2, 0.25) is 0 Å². The van der Waals surface area contributed by atoms with Gasteiger partial charge in [-0.05, 0) is 16.9 Å². The molecule has 1 N–H and O–H groups in total. The summed E-state index contributed by atoms with van der Waals surface area (Å²) in [5.41, 5.74) is 1.09. The summed E-state index contributed by atoms with van der Waals surface area (Å²) in [4.78, 5) is 26.3. The molecule has 0 saturated heterocycles. The quantitative estimate of drug-likeness (QED) is 0.760. The molecule has 1 aromatic rings. The van der Waals surface area contributed by atoms with Gasteiger partial charge in [0.1, 0.15) is 23.0 Å². The Morgan fingerprint density at radius 3 is 2.21 bits per heavy atom. The number of carbonyl (C=O) groups excluding carboxylic acids is 2. The third kappa shape index (κ3) is 3.37. The number of hydrogen-bond acceptors (Lipinski definition) is 5. The van der Waals surface area contributed by atoms with Crippen LogP contribution in [-0.2, 0) is 9.59 Å².